The third kappa shape index (κ3) is 5.34. The lowest BCUT2D eigenvalue weighted by Crippen LogP contribution is -2.36. The van der Waals surface area contributed by atoms with Crippen molar-refractivity contribution < 1.29 is 22.7 Å². The Kier molecular flexibility index (Phi) is 6.58. The van der Waals surface area contributed by atoms with Gasteiger partial charge in [0.25, 0.3) is 0 Å². The molecule has 0 radical (unpaired) electrons. The minimum absolute atomic E-state index is 0.150. The Morgan fingerprint density at radius 3 is 2.47 bits per heavy atom. The Hall–Kier alpha value is -2.77. The second kappa shape index (κ2) is 9.38. The lowest BCUT2D eigenvalue weighted by Gasteiger charge is -2.38. The number of rotatable bonds is 8. The standard InChI is InChI=1S/C24H28F3N3O2/c25-24(26,27)21-19(11-14-28-22(21)30-29-20(31)15-17-9-10-17)32-16-23(12-5-2-6-13-23)18-7-3-1-4-8-18/h1,3-4,7-8,11,14,17H,2,5-6,9-10,12-13,15-16H2,(H,28,30)(H,29,31). The van der Waals surface area contributed by atoms with Crippen molar-refractivity contribution in [2.24, 2.45) is 5.92 Å². The van der Waals surface area contributed by atoms with Gasteiger partial charge in [-0.25, -0.2) is 4.98 Å². The summed E-state index contributed by atoms with van der Waals surface area (Å²) in [6.07, 6.45) is 3.70. The number of carbonyl (C=O) groups is 1. The topological polar surface area (TPSA) is 63.2 Å². The van der Waals surface area contributed by atoms with Gasteiger partial charge in [-0.05, 0) is 43.2 Å². The van der Waals surface area contributed by atoms with E-state index in [4.69, 9.17) is 4.74 Å². The van der Waals surface area contributed by atoms with E-state index >= 15 is 0 Å². The highest BCUT2D eigenvalue weighted by Crippen LogP contribution is 2.43. The van der Waals surface area contributed by atoms with Crippen molar-refractivity contribution in [1.82, 2.24) is 10.4 Å². The Morgan fingerprint density at radius 1 is 1.09 bits per heavy atom. The molecule has 1 amide bonds. The number of halogens is 3. The molecule has 2 aliphatic carbocycles. The van der Waals surface area contributed by atoms with E-state index in [1.807, 2.05) is 30.3 Å². The van der Waals surface area contributed by atoms with Crippen LogP contribution in [0.15, 0.2) is 42.6 Å². The fourth-order valence-corrected chi connectivity index (χ4v) is 4.45. The normalized spacial score (nSPS) is 18.1. The van der Waals surface area contributed by atoms with E-state index in [1.165, 1.54) is 12.3 Å². The zero-order valence-electron chi connectivity index (χ0n) is 17.9. The first kappa shape index (κ1) is 22.4. The molecule has 4 rings (SSSR count). The van der Waals surface area contributed by atoms with Gasteiger partial charge in [0, 0.05) is 18.0 Å². The van der Waals surface area contributed by atoms with Crippen molar-refractivity contribution in [2.75, 3.05) is 12.0 Å². The van der Waals surface area contributed by atoms with E-state index in [0.717, 1.165) is 50.5 Å². The van der Waals surface area contributed by atoms with Gasteiger partial charge < -0.3 is 4.74 Å². The second-order valence-corrected chi connectivity index (χ2v) is 8.85. The summed E-state index contributed by atoms with van der Waals surface area (Å²) < 4.78 is 47.8. The van der Waals surface area contributed by atoms with Crippen LogP contribution < -0.4 is 15.6 Å². The van der Waals surface area contributed by atoms with Crippen molar-refractivity contribution in [3.8, 4) is 5.75 Å². The molecule has 0 aliphatic heterocycles. The number of pyridine rings is 1. The van der Waals surface area contributed by atoms with E-state index in [2.05, 4.69) is 15.8 Å². The fraction of sp³-hybridized carbons (Fsp3) is 0.500. The third-order valence-corrected chi connectivity index (χ3v) is 6.39. The summed E-state index contributed by atoms with van der Waals surface area (Å²) in [5.74, 6) is -0.769. The largest absolute Gasteiger partial charge is 0.492 e. The smallest absolute Gasteiger partial charge is 0.423 e. The maximum atomic E-state index is 14.0. The molecule has 0 saturated heterocycles. The summed E-state index contributed by atoms with van der Waals surface area (Å²) in [6, 6.07) is 11.1. The average Bonchev–Trinajstić information content (AvgIpc) is 3.61. The van der Waals surface area contributed by atoms with Crippen molar-refractivity contribution in [2.45, 2.75) is 63.0 Å². The molecule has 0 bridgehead atoms. The molecular weight excluding hydrogens is 419 g/mol. The molecule has 2 aliphatic rings. The summed E-state index contributed by atoms with van der Waals surface area (Å²) in [5, 5.41) is 0. The molecule has 0 spiro atoms. The van der Waals surface area contributed by atoms with Crippen LogP contribution >= 0.6 is 0 Å². The van der Waals surface area contributed by atoms with Gasteiger partial charge >= 0.3 is 6.18 Å². The monoisotopic (exact) mass is 447 g/mol. The second-order valence-electron chi connectivity index (χ2n) is 8.85. The first-order chi connectivity index (χ1) is 15.4. The number of hydrazine groups is 1. The maximum Gasteiger partial charge on any atom is 0.423 e. The van der Waals surface area contributed by atoms with Crippen LogP contribution in [0.2, 0.25) is 0 Å². The molecule has 8 heteroatoms. The van der Waals surface area contributed by atoms with Crippen molar-refractivity contribution in [3.05, 3.63) is 53.7 Å². The number of nitrogens with one attached hydrogen (secondary N) is 2. The highest BCUT2D eigenvalue weighted by molar-refractivity contribution is 5.78. The first-order valence-electron chi connectivity index (χ1n) is 11.2. The molecular formula is C24H28F3N3O2. The van der Waals surface area contributed by atoms with Crippen LogP contribution in [0.1, 0.15) is 62.5 Å². The van der Waals surface area contributed by atoms with Crippen LogP contribution in [0.25, 0.3) is 0 Å². The van der Waals surface area contributed by atoms with Gasteiger partial charge in [0.15, 0.2) is 5.82 Å². The summed E-state index contributed by atoms with van der Waals surface area (Å²) in [4.78, 5) is 15.7. The van der Waals surface area contributed by atoms with Crippen LogP contribution in [-0.4, -0.2) is 17.5 Å². The average molecular weight is 448 g/mol. The molecule has 2 fully saturated rings. The number of hydrogen-bond acceptors (Lipinski definition) is 4. The quantitative estimate of drug-likeness (QED) is 0.515. The zero-order chi connectivity index (χ0) is 22.6. The van der Waals surface area contributed by atoms with E-state index in [9.17, 15) is 18.0 Å². The zero-order valence-corrected chi connectivity index (χ0v) is 17.9. The highest BCUT2D eigenvalue weighted by atomic mass is 19.4. The van der Waals surface area contributed by atoms with Crippen molar-refractivity contribution >= 4 is 11.7 Å². The Morgan fingerprint density at radius 2 is 1.81 bits per heavy atom. The first-order valence-corrected chi connectivity index (χ1v) is 11.2. The SMILES string of the molecule is O=C(CC1CC1)NNc1nccc(OCC2(c3ccccc3)CCCCC2)c1C(F)(F)F. The molecule has 1 heterocycles. The predicted octanol–water partition coefficient (Wildman–Crippen LogP) is 5.62. The predicted molar refractivity (Wildman–Crippen MR) is 115 cm³/mol. The number of aromatic nitrogens is 1. The van der Waals surface area contributed by atoms with E-state index in [0.29, 0.717) is 12.3 Å². The number of alkyl halides is 3. The lowest BCUT2D eigenvalue weighted by molar-refractivity contribution is -0.138. The third-order valence-electron chi connectivity index (χ3n) is 6.39. The minimum Gasteiger partial charge on any atom is -0.492 e. The lowest BCUT2D eigenvalue weighted by atomic mass is 9.70. The Labute approximate surface area is 185 Å². The number of nitrogens with zero attached hydrogens (tertiary/aromatic N) is 1. The molecule has 2 N–H and O–H groups in total. The molecule has 0 unspecified atom stereocenters. The molecule has 1 aromatic carbocycles. The van der Waals surface area contributed by atoms with Crippen molar-refractivity contribution in [1.29, 1.82) is 0 Å². The van der Waals surface area contributed by atoms with Crippen molar-refractivity contribution in [3.63, 3.8) is 0 Å². The van der Waals surface area contributed by atoms with Crippen LogP contribution in [0.3, 0.4) is 0 Å². The Balaban J connectivity index is 1.54. The number of carbonyl (C=O) groups excluding carboxylic acids is 1. The molecule has 2 saturated carbocycles. The molecule has 32 heavy (non-hydrogen) atoms. The number of anilines is 1. The maximum absolute atomic E-state index is 14.0. The molecule has 2 aromatic rings. The van der Waals surface area contributed by atoms with Gasteiger partial charge in [-0.2, -0.15) is 13.2 Å². The van der Waals surface area contributed by atoms with Gasteiger partial charge in [-0.15, -0.1) is 0 Å². The molecule has 5 nitrogen and oxygen atoms in total. The number of ether oxygens (including phenoxy) is 1. The molecule has 172 valence electrons. The van der Waals surface area contributed by atoms with E-state index in [1.54, 1.807) is 0 Å². The van der Waals surface area contributed by atoms with Crippen LogP contribution in [0.5, 0.6) is 5.75 Å². The van der Waals surface area contributed by atoms with Gasteiger partial charge in [-0.3, -0.25) is 15.6 Å². The Bertz CT molecular complexity index is 924. The number of benzene rings is 1. The number of amides is 1. The van der Waals surface area contributed by atoms with Gasteiger partial charge in [0.2, 0.25) is 5.91 Å². The van der Waals surface area contributed by atoms with Crippen LogP contribution in [-0.2, 0) is 16.4 Å². The van der Waals surface area contributed by atoms with Gasteiger partial charge in [0.05, 0.1) is 6.61 Å². The summed E-state index contributed by atoms with van der Waals surface area (Å²) in [6.45, 7) is 0.150. The number of hydrogen-bond donors (Lipinski definition) is 2. The molecule has 0 atom stereocenters. The fourth-order valence-electron chi connectivity index (χ4n) is 4.45. The highest BCUT2D eigenvalue weighted by Gasteiger charge is 2.40. The molecule has 1 aromatic heterocycles. The van der Waals surface area contributed by atoms with Crippen LogP contribution in [0, 0.1) is 5.92 Å². The summed E-state index contributed by atoms with van der Waals surface area (Å²) >= 11 is 0. The summed E-state index contributed by atoms with van der Waals surface area (Å²) in [7, 11) is 0. The van der Waals surface area contributed by atoms with E-state index in [-0.39, 0.29) is 23.7 Å². The van der Waals surface area contributed by atoms with E-state index < -0.39 is 17.6 Å². The summed E-state index contributed by atoms with van der Waals surface area (Å²) in [5.41, 5.74) is 4.46. The van der Waals surface area contributed by atoms with Gasteiger partial charge in [-0.1, -0.05) is 49.6 Å². The minimum atomic E-state index is -4.69. The van der Waals surface area contributed by atoms with Crippen LogP contribution in [0.4, 0.5) is 19.0 Å². The van der Waals surface area contributed by atoms with Gasteiger partial charge in [0.1, 0.15) is 11.3 Å².